The Morgan fingerprint density at radius 2 is 1.93 bits per heavy atom. The standard InChI is InChI=1S/C18H25FN4O3S.HI/c1-4-15-13(16(5-2)26-23-15)12-22-18(20-3)21-10-11-27(24,25)17-9-7-6-8-14(17)19;/h6-9H,4-5,10-12H2,1-3H3,(H2,20,21,22);1H. The van der Waals surface area contributed by atoms with E-state index in [-0.39, 0.29) is 41.2 Å². The van der Waals surface area contributed by atoms with Crippen LogP contribution >= 0.6 is 24.0 Å². The average Bonchev–Trinajstić information content (AvgIpc) is 3.06. The average molecular weight is 524 g/mol. The van der Waals surface area contributed by atoms with Crippen LogP contribution < -0.4 is 10.6 Å². The van der Waals surface area contributed by atoms with Gasteiger partial charge in [-0.1, -0.05) is 31.1 Å². The van der Waals surface area contributed by atoms with Gasteiger partial charge < -0.3 is 15.2 Å². The van der Waals surface area contributed by atoms with Gasteiger partial charge in [0.1, 0.15) is 16.5 Å². The number of sulfone groups is 1. The summed E-state index contributed by atoms with van der Waals surface area (Å²) in [6, 6.07) is 5.36. The number of nitrogens with one attached hydrogen (secondary N) is 2. The molecule has 0 fully saturated rings. The number of nitrogens with zero attached hydrogens (tertiary/aromatic N) is 2. The van der Waals surface area contributed by atoms with E-state index in [1.165, 1.54) is 18.2 Å². The topological polar surface area (TPSA) is 96.6 Å². The van der Waals surface area contributed by atoms with Crippen molar-refractivity contribution in [3.05, 3.63) is 47.1 Å². The lowest BCUT2D eigenvalue weighted by Crippen LogP contribution is -2.39. The van der Waals surface area contributed by atoms with Crippen LogP contribution in [0.1, 0.15) is 30.9 Å². The highest BCUT2D eigenvalue weighted by Crippen LogP contribution is 2.16. The number of guanidine groups is 1. The predicted octanol–water partition coefficient (Wildman–Crippen LogP) is 2.70. The van der Waals surface area contributed by atoms with Crippen LogP contribution in [-0.2, 0) is 29.2 Å². The van der Waals surface area contributed by atoms with E-state index >= 15 is 0 Å². The van der Waals surface area contributed by atoms with E-state index in [2.05, 4.69) is 20.8 Å². The number of rotatable bonds is 8. The van der Waals surface area contributed by atoms with Crippen molar-refractivity contribution in [2.75, 3.05) is 19.3 Å². The van der Waals surface area contributed by atoms with Gasteiger partial charge in [0.25, 0.3) is 0 Å². The van der Waals surface area contributed by atoms with Gasteiger partial charge in [-0.15, -0.1) is 24.0 Å². The number of aliphatic imine (C=N–C) groups is 1. The predicted molar refractivity (Wildman–Crippen MR) is 117 cm³/mol. The van der Waals surface area contributed by atoms with Crippen molar-refractivity contribution < 1.29 is 17.3 Å². The first-order chi connectivity index (χ1) is 12.9. The van der Waals surface area contributed by atoms with E-state index in [0.29, 0.717) is 12.5 Å². The van der Waals surface area contributed by atoms with Crippen molar-refractivity contribution in [1.82, 2.24) is 15.8 Å². The first-order valence-corrected chi connectivity index (χ1v) is 10.5. The van der Waals surface area contributed by atoms with Gasteiger partial charge in [-0.25, -0.2) is 12.8 Å². The Morgan fingerprint density at radius 1 is 1.21 bits per heavy atom. The van der Waals surface area contributed by atoms with E-state index in [0.717, 1.165) is 35.9 Å². The maximum atomic E-state index is 13.7. The molecule has 0 atom stereocenters. The molecule has 1 aromatic heterocycles. The largest absolute Gasteiger partial charge is 0.361 e. The minimum Gasteiger partial charge on any atom is -0.361 e. The Morgan fingerprint density at radius 3 is 2.54 bits per heavy atom. The summed E-state index contributed by atoms with van der Waals surface area (Å²) in [6.45, 7) is 4.56. The van der Waals surface area contributed by atoms with Crippen molar-refractivity contribution in [3.63, 3.8) is 0 Å². The third-order valence-corrected chi connectivity index (χ3v) is 5.84. The van der Waals surface area contributed by atoms with E-state index < -0.39 is 15.7 Å². The molecular weight excluding hydrogens is 498 g/mol. The zero-order valence-corrected chi connectivity index (χ0v) is 19.3. The molecule has 0 bridgehead atoms. The lowest BCUT2D eigenvalue weighted by Gasteiger charge is -2.12. The van der Waals surface area contributed by atoms with E-state index in [1.54, 1.807) is 7.05 Å². The minimum absolute atomic E-state index is 0. The van der Waals surface area contributed by atoms with Crippen LogP contribution in [0.5, 0.6) is 0 Å². The molecule has 2 rings (SSSR count). The second-order valence-corrected chi connectivity index (χ2v) is 7.92. The number of aromatic nitrogens is 1. The summed E-state index contributed by atoms with van der Waals surface area (Å²) < 4.78 is 43.6. The summed E-state index contributed by atoms with van der Waals surface area (Å²) >= 11 is 0. The van der Waals surface area contributed by atoms with Gasteiger partial charge in [0.2, 0.25) is 0 Å². The second kappa shape index (κ2) is 11.3. The molecule has 7 nitrogen and oxygen atoms in total. The monoisotopic (exact) mass is 524 g/mol. The zero-order chi connectivity index (χ0) is 19.9. The second-order valence-electron chi connectivity index (χ2n) is 5.84. The zero-order valence-electron chi connectivity index (χ0n) is 16.2. The minimum atomic E-state index is -3.72. The quantitative estimate of drug-likeness (QED) is 0.313. The summed E-state index contributed by atoms with van der Waals surface area (Å²) in [4.78, 5) is 3.79. The molecule has 156 valence electrons. The number of benzene rings is 1. The molecule has 0 amide bonds. The number of hydrogen-bond acceptors (Lipinski definition) is 5. The molecule has 2 N–H and O–H groups in total. The van der Waals surface area contributed by atoms with Crippen LogP contribution in [0.25, 0.3) is 0 Å². The molecule has 0 saturated carbocycles. The highest BCUT2D eigenvalue weighted by Gasteiger charge is 2.19. The Labute approximate surface area is 182 Å². The highest BCUT2D eigenvalue weighted by molar-refractivity contribution is 14.0. The highest BCUT2D eigenvalue weighted by atomic mass is 127. The molecule has 0 saturated heterocycles. The molecule has 0 radical (unpaired) electrons. The van der Waals surface area contributed by atoms with Crippen molar-refractivity contribution in [2.24, 2.45) is 4.99 Å². The number of aryl methyl sites for hydroxylation is 2. The summed E-state index contributed by atoms with van der Waals surface area (Å²) in [5, 5.41) is 10.1. The van der Waals surface area contributed by atoms with Crippen LogP contribution in [0, 0.1) is 5.82 Å². The number of halogens is 2. The third-order valence-electron chi connectivity index (χ3n) is 4.10. The van der Waals surface area contributed by atoms with Crippen molar-refractivity contribution in [3.8, 4) is 0 Å². The van der Waals surface area contributed by atoms with Gasteiger partial charge in [-0.2, -0.15) is 0 Å². The molecule has 10 heteroatoms. The molecule has 28 heavy (non-hydrogen) atoms. The van der Waals surface area contributed by atoms with E-state index in [4.69, 9.17) is 4.52 Å². The van der Waals surface area contributed by atoms with Crippen LogP contribution in [0.2, 0.25) is 0 Å². The van der Waals surface area contributed by atoms with Crippen LogP contribution in [0.15, 0.2) is 38.7 Å². The van der Waals surface area contributed by atoms with Crippen LogP contribution in [0.3, 0.4) is 0 Å². The first-order valence-electron chi connectivity index (χ1n) is 8.81. The van der Waals surface area contributed by atoms with Gasteiger partial charge in [-0.05, 0) is 18.6 Å². The van der Waals surface area contributed by atoms with E-state index in [1.807, 2.05) is 13.8 Å². The molecule has 0 aliphatic heterocycles. The SMILES string of the molecule is CCc1noc(CC)c1CNC(=NC)NCCS(=O)(=O)c1ccccc1F.I. The van der Waals surface area contributed by atoms with Gasteiger partial charge in [0.05, 0.1) is 11.4 Å². The molecular formula is C18H26FIN4O3S. The Balaban J connectivity index is 0.00000392. The van der Waals surface area contributed by atoms with Crippen molar-refractivity contribution in [2.45, 2.75) is 38.1 Å². The number of hydrogen-bond donors (Lipinski definition) is 2. The fraction of sp³-hybridized carbons (Fsp3) is 0.444. The first kappa shape index (κ1) is 24.3. The van der Waals surface area contributed by atoms with Crippen molar-refractivity contribution in [1.29, 1.82) is 0 Å². The van der Waals surface area contributed by atoms with Gasteiger partial charge in [0, 0.05) is 32.1 Å². The third kappa shape index (κ3) is 6.16. The molecule has 1 aromatic carbocycles. The van der Waals surface area contributed by atoms with Crippen LogP contribution in [-0.4, -0.2) is 38.9 Å². The molecule has 0 unspecified atom stereocenters. The molecule has 0 aliphatic carbocycles. The normalized spacial score (nSPS) is 11.8. The maximum absolute atomic E-state index is 13.7. The molecule has 0 aliphatic rings. The Bertz CT molecular complexity index is 878. The summed E-state index contributed by atoms with van der Waals surface area (Å²) in [5.41, 5.74) is 1.87. The smallest absolute Gasteiger partial charge is 0.191 e. The van der Waals surface area contributed by atoms with Gasteiger partial charge in [-0.3, -0.25) is 4.99 Å². The molecule has 2 aromatic rings. The van der Waals surface area contributed by atoms with E-state index in [9.17, 15) is 12.8 Å². The van der Waals surface area contributed by atoms with Gasteiger partial charge >= 0.3 is 0 Å². The van der Waals surface area contributed by atoms with Gasteiger partial charge in [0.15, 0.2) is 15.8 Å². The maximum Gasteiger partial charge on any atom is 0.191 e. The van der Waals surface area contributed by atoms with Crippen LogP contribution in [0.4, 0.5) is 4.39 Å². The Kier molecular flexibility index (Phi) is 9.87. The van der Waals surface area contributed by atoms with Crippen molar-refractivity contribution >= 4 is 39.8 Å². The summed E-state index contributed by atoms with van der Waals surface area (Å²) in [5.74, 6) is 0.273. The lowest BCUT2D eigenvalue weighted by atomic mass is 10.1. The lowest BCUT2D eigenvalue weighted by molar-refractivity contribution is 0.380. The molecule has 0 spiro atoms. The Hall–Kier alpha value is -1.69. The fourth-order valence-electron chi connectivity index (χ4n) is 2.64. The summed E-state index contributed by atoms with van der Waals surface area (Å²) in [7, 11) is -2.13. The molecule has 1 heterocycles. The summed E-state index contributed by atoms with van der Waals surface area (Å²) in [6.07, 6.45) is 1.49. The fourth-order valence-corrected chi connectivity index (χ4v) is 3.88.